The predicted octanol–water partition coefficient (Wildman–Crippen LogP) is 5.07. The molecule has 0 atom stereocenters. The van der Waals surface area contributed by atoms with Crippen LogP contribution in [0.1, 0.15) is 38.8 Å². The molecular weight excluding hydrogens is 489 g/mol. The Hall–Kier alpha value is -3.76. The zero-order chi connectivity index (χ0) is 27.5. The van der Waals surface area contributed by atoms with E-state index in [0.717, 1.165) is 16.6 Å². The Bertz CT molecular complexity index is 1280. The van der Waals surface area contributed by atoms with Crippen LogP contribution in [0.2, 0.25) is 0 Å². The van der Waals surface area contributed by atoms with Crippen molar-refractivity contribution in [2.75, 3.05) is 14.2 Å². The van der Waals surface area contributed by atoms with Gasteiger partial charge in [0.2, 0.25) is 0 Å². The van der Waals surface area contributed by atoms with E-state index in [4.69, 9.17) is 28.3 Å². The van der Waals surface area contributed by atoms with Crippen LogP contribution in [0.25, 0.3) is 0 Å². The van der Waals surface area contributed by atoms with Crippen molar-refractivity contribution in [2.45, 2.75) is 52.1 Å². The summed E-state index contributed by atoms with van der Waals surface area (Å²) in [7, 11) is 2.72. The molecule has 0 aromatic heterocycles. The second-order valence-corrected chi connectivity index (χ2v) is 9.96. The van der Waals surface area contributed by atoms with Crippen LogP contribution >= 0.6 is 0 Å². The molecule has 0 N–H and O–H groups in total. The molecular formula is C28H32BNO8. The number of nitro groups is 1. The molecule has 38 heavy (non-hydrogen) atoms. The normalized spacial score (nSPS) is 15.7. The molecule has 0 amide bonds. The lowest BCUT2D eigenvalue weighted by atomic mass is 9.78. The van der Waals surface area contributed by atoms with Crippen LogP contribution in [-0.4, -0.2) is 37.5 Å². The molecule has 1 fully saturated rings. The molecule has 0 radical (unpaired) electrons. The van der Waals surface area contributed by atoms with Gasteiger partial charge >= 0.3 is 7.12 Å². The van der Waals surface area contributed by atoms with Gasteiger partial charge in [0, 0.05) is 29.3 Å². The first-order chi connectivity index (χ1) is 18.0. The van der Waals surface area contributed by atoms with E-state index in [-0.39, 0.29) is 18.9 Å². The highest BCUT2D eigenvalue weighted by Crippen LogP contribution is 2.37. The molecule has 0 spiro atoms. The van der Waals surface area contributed by atoms with Crippen molar-refractivity contribution in [3.63, 3.8) is 0 Å². The zero-order valence-electron chi connectivity index (χ0n) is 22.5. The molecule has 0 saturated carbocycles. The fourth-order valence-corrected chi connectivity index (χ4v) is 3.93. The highest BCUT2D eigenvalue weighted by Gasteiger charge is 2.51. The van der Waals surface area contributed by atoms with Crippen molar-refractivity contribution in [1.29, 1.82) is 0 Å². The summed E-state index contributed by atoms with van der Waals surface area (Å²) in [5.74, 6) is 2.43. The van der Waals surface area contributed by atoms with E-state index in [1.54, 1.807) is 32.4 Å². The lowest BCUT2D eigenvalue weighted by Gasteiger charge is -2.32. The van der Waals surface area contributed by atoms with Crippen LogP contribution in [0.15, 0.2) is 60.7 Å². The topological polar surface area (TPSA) is 98.5 Å². The smallest absolute Gasteiger partial charge is 0.494 e. The van der Waals surface area contributed by atoms with E-state index in [9.17, 15) is 10.1 Å². The van der Waals surface area contributed by atoms with Crippen LogP contribution in [-0.2, 0) is 22.5 Å². The molecule has 0 bridgehead atoms. The molecule has 1 aliphatic heterocycles. The lowest BCUT2D eigenvalue weighted by molar-refractivity contribution is -0.384. The van der Waals surface area contributed by atoms with E-state index < -0.39 is 23.2 Å². The van der Waals surface area contributed by atoms with Crippen LogP contribution in [0.4, 0.5) is 5.69 Å². The van der Waals surface area contributed by atoms with Gasteiger partial charge in [-0.05, 0) is 63.5 Å². The molecule has 0 aliphatic carbocycles. The van der Waals surface area contributed by atoms with Crippen molar-refractivity contribution in [1.82, 2.24) is 0 Å². The molecule has 4 rings (SSSR count). The molecule has 1 aliphatic rings. The standard InChI is InChI=1S/C28H32BNO8/c1-27(2)28(3,4)38-29(37-27)21-9-7-19(25(15-21)33-5)18-36-24-12-8-20(26(16-24)34-6)17-35-23-13-10-22(11-14-23)30(31)32/h7-16H,17-18H2,1-6H3. The van der Waals surface area contributed by atoms with Gasteiger partial charge in [0.1, 0.15) is 36.2 Å². The van der Waals surface area contributed by atoms with Gasteiger partial charge in [-0.15, -0.1) is 0 Å². The minimum atomic E-state index is -0.478. The van der Waals surface area contributed by atoms with Crippen molar-refractivity contribution in [2.24, 2.45) is 0 Å². The van der Waals surface area contributed by atoms with Crippen molar-refractivity contribution >= 4 is 18.3 Å². The average molecular weight is 521 g/mol. The summed E-state index contributed by atoms with van der Waals surface area (Å²) < 4.78 is 35.3. The fraction of sp³-hybridized carbons (Fsp3) is 0.357. The minimum absolute atomic E-state index is 0.0100. The SMILES string of the molecule is COc1cc(OCc2ccc(B3OC(C)(C)C(C)(C)O3)cc2OC)ccc1COc1ccc([N+](=O)[O-])cc1. The van der Waals surface area contributed by atoms with Gasteiger partial charge in [-0.3, -0.25) is 10.1 Å². The van der Waals surface area contributed by atoms with Gasteiger partial charge in [0.15, 0.2) is 0 Å². The van der Waals surface area contributed by atoms with E-state index in [1.165, 1.54) is 12.1 Å². The Labute approximate surface area is 222 Å². The van der Waals surface area contributed by atoms with Crippen LogP contribution in [0, 0.1) is 10.1 Å². The number of methoxy groups -OCH3 is 2. The van der Waals surface area contributed by atoms with E-state index in [0.29, 0.717) is 23.0 Å². The number of benzene rings is 3. The highest BCUT2D eigenvalue weighted by molar-refractivity contribution is 6.62. The summed E-state index contributed by atoms with van der Waals surface area (Å²) in [6.07, 6.45) is 0. The predicted molar refractivity (Wildman–Crippen MR) is 143 cm³/mol. The van der Waals surface area contributed by atoms with Crippen molar-refractivity contribution in [3.8, 4) is 23.0 Å². The van der Waals surface area contributed by atoms with Crippen LogP contribution in [0.3, 0.4) is 0 Å². The third kappa shape index (κ3) is 5.87. The number of rotatable bonds is 10. The molecule has 0 unspecified atom stereocenters. The second kappa shape index (κ2) is 10.9. The molecule has 1 heterocycles. The zero-order valence-corrected chi connectivity index (χ0v) is 22.5. The monoisotopic (exact) mass is 521 g/mol. The Kier molecular flexibility index (Phi) is 7.85. The average Bonchev–Trinajstić information content (AvgIpc) is 3.12. The summed E-state index contributed by atoms with van der Waals surface area (Å²) in [5, 5.41) is 10.8. The third-order valence-electron chi connectivity index (χ3n) is 6.93. The summed E-state index contributed by atoms with van der Waals surface area (Å²) in [6.45, 7) is 8.60. The maximum atomic E-state index is 10.8. The highest BCUT2D eigenvalue weighted by atomic mass is 16.7. The fourth-order valence-electron chi connectivity index (χ4n) is 3.93. The Balaban J connectivity index is 1.40. The first-order valence-corrected chi connectivity index (χ1v) is 12.2. The molecule has 10 heteroatoms. The molecule has 3 aromatic carbocycles. The van der Waals surface area contributed by atoms with Crippen LogP contribution in [0.5, 0.6) is 23.0 Å². The molecule has 200 valence electrons. The Morgan fingerprint density at radius 2 is 1.26 bits per heavy atom. The maximum absolute atomic E-state index is 10.8. The van der Waals surface area contributed by atoms with E-state index in [1.807, 2.05) is 58.0 Å². The van der Waals surface area contributed by atoms with Gasteiger partial charge < -0.3 is 28.3 Å². The number of hydrogen-bond donors (Lipinski definition) is 0. The van der Waals surface area contributed by atoms with Crippen molar-refractivity contribution in [3.05, 3.63) is 81.9 Å². The summed E-state index contributed by atoms with van der Waals surface area (Å²) in [6, 6.07) is 17.2. The minimum Gasteiger partial charge on any atom is -0.496 e. The Morgan fingerprint density at radius 1 is 0.763 bits per heavy atom. The number of hydrogen-bond acceptors (Lipinski definition) is 8. The lowest BCUT2D eigenvalue weighted by Crippen LogP contribution is -2.41. The van der Waals surface area contributed by atoms with Crippen LogP contribution < -0.4 is 24.4 Å². The number of ether oxygens (including phenoxy) is 4. The number of nitrogens with zero attached hydrogens (tertiary/aromatic N) is 1. The third-order valence-corrected chi connectivity index (χ3v) is 6.93. The van der Waals surface area contributed by atoms with E-state index >= 15 is 0 Å². The van der Waals surface area contributed by atoms with E-state index in [2.05, 4.69) is 0 Å². The summed E-state index contributed by atoms with van der Waals surface area (Å²) in [4.78, 5) is 10.4. The summed E-state index contributed by atoms with van der Waals surface area (Å²) >= 11 is 0. The first-order valence-electron chi connectivity index (χ1n) is 12.2. The number of non-ortho nitro benzene ring substituents is 1. The molecule has 9 nitrogen and oxygen atoms in total. The van der Waals surface area contributed by atoms with Gasteiger partial charge in [0.25, 0.3) is 5.69 Å². The second-order valence-electron chi connectivity index (χ2n) is 9.96. The van der Waals surface area contributed by atoms with Gasteiger partial charge in [-0.25, -0.2) is 0 Å². The molecule has 3 aromatic rings. The van der Waals surface area contributed by atoms with Gasteiger partial charge in [-0.1, -0.05) is 12.1 Å². The number of nitro benzene ring substituents is 1. The van der Waals surface area contributed by atoms with Gasteiger partial charge in [-0.2, -0.15) is 0 Å². The molecule has 1 saturated heterocycles. The maximum Gasteiger partial charge on any atom is 0.494 e. The first kappa shape index (κ1) is 27.3. The Morgan fingerprint density at radius 3 is 1.82 bits per heavy atom. The summed E-state index contributed by atoms with van der Waals surface area (Å²) in [5.41, 5.74) is 1.72. The van der Waals surface area contributed by atoms with Gasteiger partial charge in [0.05, 0.1) is 30.3 Å². The largest absolute Gasteiger partial charge is 0.496 e. The van der Waals surface area contributed by atoms with Crippen molar-refractivity contribution < 1.29 is 33.2 Å². The quantitative estimate of drug-likeness (QED) is 0.207.